The zero-order valence-corrected chi connectivity index (χ0v) is 9.27. The maximum Gasteiger partial charge on any atom is -0.0147 e. The molecule has 0 aromatic heterocycles. The summed E-state index contributed by atoms with van der Waals surface area (Å²) in [4.78, 5) is 0. The normalized spacial score (nSPS) is 48.1. The van der Waals surface area contributed by atoms with E-state index in [1.807, 2.05) is 0 Å². The quantitative estimate of drug-likeness (QED) is 0.488. The van der Waals surface area contributed by atoms with Crippen LogP contribution >= 0.6 is 0 Å². The number of hydrogen-bond donors (Lipinski definition) is 0. The molecule has 0 saturated heterocycles. The van der Waals surface area contributed by atoms with Gasteiger partial charge >= 0.3 is 0 Å². The molecule has 2 saturated carbocycles. The van der Waals surface area contributed by atoms with Crippen LogP contribution in [0.25, 0.3) is 0 Å². The largest absolute Gasteiger partial charge is 0.0882 e. The van der Waals surface area contributed by atoms with Crippen LogP contribution in [-0.4, -0.2) is 0 Å². The van der Waals surface area contributed by atoms with Crippen molar-refractivity contribution >= 4 is 0 Å². The minimum absolute atomic E-state index is 0.653. The van der Waals surface area contributed by atoms with Crippen LogP contribution < -0.4 is 0 Å². The molecule has 3 unspecified atom stereocenters. The molecule has 0 aromatic rings. The minimum atomic E-state index is 0.653. The molecule has 0 N–H and O–H groups in total. The summed E-state index contributed by atoms with van der Waals surface area (Å²) in [5, 5.41) is 0. The first-order valence-corrected chi connectivity index (χ1v) is 5.83. The Hall–Kier alpha value is -0.260. The zero-order chi connectivity index (χ0) is 9.47. The Bertz CT molecular complexity index is 226. The van der Waals surface area contributed by atoms with Crippen LogP contribution in [0.15, 0.2) is 11.6 Å². The van der Waals surface area contributed by atoms with Crippen LogP contribution in [-0.2, 0) is 0 Å². The van der Waals surface area contributed by atoms with Crippen LogP contribution in [0.4, 0.5) is 0 Å². The summed E-state index contributed by atoms with van der Waals surface area (Å²) in [6, 6.07) is 0. The Kier molecular flexibility index (Phi) is 2.25. The van der Waals surface area contributed by atoms with E-state index in [1.165, 1.54) is 32.1 Å². The second kappa shape index (κ2) is 3.15. The monoisotopic (exact) mass is 178 g/mol. The van der Waals surface area contributed by atoms with Crippen molar-refractivity contribution in [1.82, 2.24) is 0 Å². The highest BCUT2D eigenvalue weighted by Gasteiger charge is 2.46. The standard InChI is InChI=1S/C13H22/c1-4-11-6-5-9-13(3)10(2)7-8-12(11)13/h4,10,12H,5-9H2,1-3H3/b11-4+. The van der Waals surface area contributed by atoms with E-state index in [0.29, 0.717) is 5.41 Å². The van der Waals surface area contributed by atoms with Gasteiger partial charge in [0, 0.05) is 0 Å². The van der Waals surface area contributed by atoms with Gasteiger partial charge in [-0.25, -0.2) is 0 Å². The summed E-state index contributed by atoms with van der Waals surface area (Å²) >= 11 is 0. The van der Waals surface area contributed by atoms with Gasteiger partial charge in [-0.1, -0.05) is 25.5 Å². The molecule has 0 bridgehead atoms. The van der Waals surface area contributed by atoms with Crippen molar-refractivity contribution in [2.75, 3.05) is 0 Å². The van der Waals surface area contributed by atoms with Gasteiger partial charge in [-0.15, -0.1) is 0 Å². The lowest BCUT2D eigenvalue weighted by Crippen LogP contribution is -2.31. The maximum atomic E-state index is 2.53. The molecule has 0 aromatic carbocycles. The summed E-state index contributed by atoms with van der Waals surface area (Å²) in [5.74, 6) is 1.88. The number of hydrogen-bond acceptors (Lipinski definition) is 0. The Morgan fingerprint density at radius 1 is 1.38 bits per heavy atom. The predicted octanol–water partition coefficient (Wildman–Crippen LogP) is 4.17. The summed E-state index contributed by atoms with van der Waals surface area (Å²) < 4.78 is 0. The molecule has 2 rings (SSSR count). The molecule has 74 valence electrons. The van der Waals surface area contributed by atoms with Crippen molar-refractivity contribution in [1.29, 1.82) is 0 Å². The first kappa shape index (κ1) is 9.30. The Morgan fingerprint density at radius 3 is 2.85 bits per heavy atom. The molecule has 0 spiro atoms. The summed E-state index contributed by atoms with van der Waals surface area (Å²) in [6.45, 7) is 7.21. The molecule has 2 aliphatic rings. The molecular weight excluding hydrogens is 156 g/mol. The van der Waals surface area contributed by atoms with Gasteiger partial charge in [0.25, 0.3) is 0 Å². The molecule has 2 fully saturated rings. The first-order chi connectivity index (χ1) is 6.18. The fourth-order valence-electron chi connectivity index (χ4n) is 3.64. The van der Waals surface area contributed by atoms with Gasteiger partial charge in [0.05, 0.1) is 0 Å². The Morgan fingerprint density at radius 2 is 2.15 bits per heavy atom. The van der Waals surface area contributed by atoms with Crippen LogP contribution in [0.3, 0.4) is 0 Å². The highest BCUT2D eigenvalue weighted by Crippen LogP contribution is 2.56. The van der Waals surface area contributed by atoms with Crippen LogP contribution in [0, 0.1) is 17.3 Å². The summed E-state index contributed by atoms with van der Waals surface area (Å²) in [7, 11) is 0. The van der Waals surface area contributed by atoms with Gasteiger partial charge in [-0.2, -0.15) is 0 Å². The van der Waals surface area contributed by atoms with Crippen molar-refractivity contribution < 1.29 is 0 Å². The predicted molar refractivity (Wildman–Crippen MR) is 57.6 cm³/mol. The van der Waals surface area contributed by atoms with Gasteiger partial charge in [-0.05, 0) is 56.3 Å². The molecule has 0 aliphatic heterocycles. The number of fused-ring (bicyclic) bond motifs is 1. The van der Waals surface area contributed by atoms with Crippen molar-refractivity contribution in [2.45, 2.75) is 52.9 Å². The molecule has 0 radical (unpaired) electrons. The maximum absolute atomic E-state index is 2.53. The van der Waals surface area contributed by atoms with Crippen molar-refractivity contribution in [2.24, 2.45) is 17.3 Å². The first-order valence-electron chi connectivity index (χ1n) is 5.83. The lowest BCUT2D eigenvalue weighted by molar-refractivity contribution is 0.146. The van der Waals surface area contributed by atoms with Gasteiger partial charge in [0.15, 0.2) is 0 Å². The summed E-state index contributed by atoms with van der Waals surface area (Å²) in [6.07, 6.45) is 9.58. The van der Waals surface area contributed by atoms with E-state index in [9.17, 15) is 0 Å². The Balaban J connectivity index is 2.28. The summed E-state index contributed by atoms with van der Waals surface area (Å²) in [5.41, 5.74) is 2.42. The van der Waals surface area contributed by atoms with Gasteiger partial charge in [0.1, 0.15) is 0 Å². The Labute approximate surface area is 82.4 Å². The highest BCUT2D eigenvalue weighted by atomic mass is 14.5. The number of allylic oxidation sites excluding steroid dienone is 2. The fourth-order valence-corrected chi connectivity index (χ4v) is 3.64. The van der Waals surface area contributed by atoms with Gasteiger partial charge in [-0.3, -0.25) is 0 Å². The minimum Gasteiger partial charge on any atom is -0.0882 e. The van der Waals surface area contributed by atoms with E-state index in [0.717, 1.165) is 11.8 Å². The van der Waals surface area contributed by atoms with Gasteiger partial charge in [0.2, 0.25) is 0 Å². The van der Waals surface area contributed by atoms with Crippen LogP contribution in [0.2, 0.25) is 0 Å². The molecule has 0 amide bonds. The average molecular weight is 178 g/mol. The van der Waals surface area contributed by atoms with Crippen LogP contribution in [0.5, 0.6) is 0 Å². The van der Waals surface area contributed by atoms with Crippen molar-refractivity contribution in [3.05, 3.63) is 11.6 Å². The molecule has 3 atom stereocenters. The lowest BCUT2D eigenvalue weighted by Gasteiger charge is -2.41. The lowest BCUT2D eigenvalue weighted by atomic mass is 9.64. The topological polar surface area (TPSA) is 0 Å². The average Bonchev–Trinajstić information content (AvgIpc) is 2.43. The van der Waals surface area contributed by atoms with E-state index in [1.54, 1.807) is 5.57 Å². The number of rotatable bonds is 0. The second-order valence-corrected chi connectivity index (χ2v) is 5.25. The zero-order valence-electron chi connectivity index (χ0n) is 9.27. The fraction of sp³-hybridized carbons (Fsp3) is 0.846. The van der Waals surface area contributed by atoms with Crippen molar-refractivity contribution in [3.63, 3.8) is 0 Å². The molecule has 0 heterocycles. The molecule has 0 nitrogen and oxygen atoms in total. The molecule has 2 aliphatic carbocycles. The molecule has 13 heavy (non-hydrogen) atoms. The van der Waals surface area contributed by atoms with Crippen molar-refractivity contribution in [3.8, 4) is 0 Å². The van der Waals surface area contributed by atoms with Crippen LogP contribution in [0.1, 0.15) is 52.9 Å². The molecular formula is C13H22. The molecule has 0 heteroatoms. The smallest absolute Gasteiger partial charge is 0.0147 e. The van der Waals surface area contributed by atoms with E-state index >= 15 is 0 Å². The second-order valence-electron chi connectivity index (χ2n) is 5.25. The third-order valence-electron chi connectivity index (χ3n) is 4.81. The SMILES string of the molecule is C/C=C1\CCCC2(C)C(C)CCC12. The highest BCUT2D eigenvalue weighted by molar-refractivity contribution is 5.16. The third-order valence-corrected chi connectivity index (χ3v) is 4.81. The van der Waals surface area contributed by atoms with E-state index in [2.05, 4.69) is 26.8 Å². The van der Waals surface area contributed by atoms with E-state index in [4.69, 9.17) is 0 Å². The van der Waals surface area contributed by atoms with E-state index < -0.39 is 0 Å². The van der Waals surface area contributed by atoms with E-state index in [-0.39, 0.29) is 0 Å². The van der Waals surface area contributed by atoms with Gasteiger partial charge < -0.3 is 0 Å². The third kappa shape index (κ3) is 1.26.